The maximum atomic E-state index is 12.7. The molecule has 2 unspecified atom stereocenters. The van der Waals surface area contributed by atoms with E-state index in [2.05, 4.69) is 5.32 Å². The van der Waals surface area contributed by atoms with Crippen molar-refractivity contribution in [3.8, 4) is 0 Å². The molecule has 1 N–H and O–H groups in total. The molecule has 7 heteroatoms. The first-order valence-electron chi connectivity index (χ1n) is 6.41. The van der Waals surface area contributed by atoms with Crippen LogP contribution >= 0.6 is 22.9 Å². The number of sulfonamides is 1. The van der Waals surface area contributed by atoms with E-state index >= 15 is 0 Å². The molecule has 1 aliphatic heterocycles. The number of piperidine rings is 1. The van der Waals surface area contributed by atoms with E-state index in [-0.39, 0.29) is 12.1 Å². The topological polar surface area (TPSA) is 49.4 Å². The minimum absolute atomic E-state index is 0.0182. The molecule has 2 heterocycles. The fourth-order valence-electron chi connectivity index (χ4n) is 2.47. The van der Waals surface area contributed by atoms with Gasteiger partial charge < -0.3 is 5.32 Å². The Kier molecular flexibility index (Phi) is 4.89. The zero-order chi connectivity index (χ0) is 14.0. The smallest absolute Gasteiger partial charge is 0.252 e. The summed E-state index contributed by atoms with van der Waals surface area (Å²) in [6, 6.07) is 3.40. The fraction of sp³-hybridized carbons (Fsp3) is 0.667. The molecular weight excluding hydrogens is 304 g/mol. The lowest BCUT2D eigenvalue weighted by molar-refractivity contribution is 0.214. The maximum absolute atomic E-state index is 12.7. The zero-order valence-electron chi connectivity index (χ0n) is 11.1. The Balaban J connectivity index is 2.31. The van der Waals surface area contributed by atoms with Gasteiger partial charge in [0.25, 0.3) is 10.0 Å². The van der Waals surface area contributed by atoms with Crippen molar-refractivity contribution in [2.75, 3.05) is 13.6 Å². The van der Waals surface area contributed by atoms with Crippen LogP contribution < -0.4 is 5.32 Å². The summed E-state index contributed by atoms with van der Waals surface area (Å²) < 4.78 is 27.8. The first-order valence-corrected chi connectivity index (χ1v) is 9.04. The Morgan fingerprint density at radius 1 is 1.47 bits per heavy atom. The number of nitrogens with zero attached hydrogens (tertiary/aromatic N) is 1. The van der Waals surface area contributed by atoms with Crippen LogP contribution in [0.5, 0.6) is 0 Å². The van der Waals surface area contributed by atoms with Gasteiger partial charge >= 0.3 is 0 Å². The van der Waals surface area contributed by atoms with Gasteiger partial charge in [-0.25, -0.2) is 8.42 Å². The van der Waals surface area contributed by atoms with Gasteiger partial charge in [-0.05, 0) is 38.9 Å². The molecule has 0 bridgehead atoms. The van der Waals surface area contributed by atoms with Crippen molar-refractivity contribution >= 4 is 33.0 Å². The molecule has 19 heavy (non-hydrogen) atoms. The molecule has 0 amide bonds. The number of thiophene rings is 1. The van der Waals surface area contributed by atoms with Gasteiger partial charge in [0.1, 0.15) is 4.21 Å². The van der Waals surface area contributed by atoms with Gasteiger partial charge in [-0.3, -0.25) is 0 Å². The molecule has 2 atom stereocenters. The Bertz CT molecular complexity index is 530. The highest BCUT2D eigenvalue weighted by molar-refractivity contribution is 7.91. The van der Waals surface area contributed by atoms with Crippen LogP contribution in [0.3, 0.4) is 0 Å². The van der Waals surface area contributed by atoms with E-state index in [4.69, 9.17) is 11.6 Å². The van der Waals surface area contributed by atoms with Crippen LogP contribution in [0.15, 0.2) is 16.3 Å². The quantitative estimate of drug-likeness (QED) is 0.926. The number of rotatable bonds is 4. The monoisotopic (exact) mass is 322 g/mol. The van der Waals surface area contributed by atoms with E-state index in [9.17, 15) is 8.42 Å². The van der Waals surface area contributed by atoms with Gasteiger partial charge in [0.05, 0.1) is 4.34 Å². The van der Waals surface area contributed by atoms with Gasteiger partial charge in [-0.1, -0.05) is 18.0 Å². The molecule has 0 aromatic carbocycles. The third kappa shape index (κ3) is 3.13. The molecule has 1 fully saturated rings. The third-order valence-corrected chi connectivity index (χ3v) is 7.27. The fourth-order valence-corrected chi connectivity index (χ4v) is 5.85. The van der Waals surface area contributed by atoms with Crippen molar-refractivity contribution in [3.63, 3.8) is 0 Å². The number of hydrogen-bond acceptors (Lipinski definition) is 4. The summed E-state index contributed by atoms with van der Waals surface area (Å²) in [6.45, 7) is 2.62. The molecule has 1 aromatic heterocycles. The van der Waals surface area contributed by atoms with E-state index in [1.807, 2.05) is 14.0 Å². The molecule has 1 aliphatic rings. The summed E-state index contributed by atoms with van der Waals surface area (Å²) >= 11 is 6.98. The Morgan fingerprint density at radius 2 is 2.21 bits per heavy atom. The molecule has 2 rings (SSSR count). The highest BCUT2D eigenvalue weighted by Crippen LogP contribution is 2.32. The zero-order valence-corrected chi connectivity index (χ0v) is 13.5. The van der Waals surface area contributed by atoms with Crippen LogP contribution in [0.2, 0.25) is 4.34 Å². The predicted molar refractivity (Wildman–Crippen MR) is 79.4 cm³/mol. The standard InChI is InChI=1S/C12H19ClN2O2S2/c1-9(14-2)10-5-3-4-8-15(10)19(16,17)12-7-6-11(13)18-12/h6-7,9-10,14H,3-5,8H2,1-2H3. The van der Waals surface area contributed by atoms with Crippen LogP contribution in [0.25, 0.3) is 0 Å². The lowest BCUT2D eigenvalue weighted by Crippen LogP contribution is -2.52. The van der Waals surface area contributed by atoms with Crippen LogP contribution in [0.1, 0.15) is 26.2 Å². The van der Waals surface area contributed by atoms with Gasteiger partial charge in [0.15, 0.2) is 0 Å². The second-order valence-corrected chi connectivity index (χ2v) is 8.65. The average molecular weight is 323 g/mol. The number of hydrogen-bond donors (Lipinski definition) is 1. The second-order valence-electron chi connectivity index (χ2n) is 4.81. The molecule has 108 valence electrons. The van der Waals surface area contributed by atoms with Crippen LogP contribution in [0, 0.1) is 0 Å². The van der Waals surface area contributed by atoms with E-state index in [1.165, 1.54) is 0 Å². The molecular formula is C12H19ClN2O2S2. The summed E-state index contributed by atoms with van der Waals surface area (Å²) in [5, 5.41) is 3.16. The van der Waals surface area contributed by atoms with Gasteiger partial charge in [-0.15, -0.1) is 11.3 Å². The predicted octanol–water partition coefficient (Wildman–Crippen LogP) is 2.55. The normalized spacial score (nSPS) is 23.4. The van der Waals surface area contributed by atoms with Crippen molar-refractivity contribution in [2.45, 2.75) is 42.5 Å². The van der Waals surface area contributed by atoms with Gasteiger partial charge in [0.2, 0.25) is 0 Å². The molecule has 0 radical (unpaired) electrons. The molecule has 1 aromatic rings. The Labute approximate surface area is 123 Å². The number of nitrogens with one attached hydrogen (secondary N) is 1. The largest absolute Gasteiger partial charge is 0.316 e. The van der Waals surface area contributed by atoms with Crippen molar-refractivity contribution in [3.05, 3.63) is 16.5 Å². The Hall–Kier alpha value is -0.140. The molecule has 0 saturated carbocycles. The number of likely N-dealkylation sites (N-methyl/N-ethyl adjacent to an activating group) is 1. The first kappa shape index (κ1) is 15.3. The van der Waals surface area contributed by atoms with Crippen molar-refractivity contribution in [1.82, 2.24) is 9.62 Å². The SMILES string of the molecule is CNC(C)C1CCCCN1S(=O)(=O)c1ccc(Cl)s1. The highest BCUT2D eigenvalue weighted by atomic mass is 35.5. The van der Waals surface area contributed by atoms with Crippen molar-refractivity contribution in [2.24, 2.45) is 0 Å². The van der Waals surface area contributed by atoms with E-state index in [0.717, 1.165) is 30.6 Å². The summed E-state index contributed by atoms with van der Waals surface area (Å²) in [5.41, 5.74) is 0. The first-order chi connectivity index (χ1) is 8.96. The van der Waals surface area contributed by atoms with Crippen LogP contribution in [-0.2, 0) is 10.0 Å². The summed E-state index contributed by atoms with van der Waals surface area (Å²) in [5.74, 6) is 0. The van der Waals surface area contributed by atoms with Crippen molar-refractivity contribution in [1.29, 1.82) is 0 Å². The van der Waals surface area contributed by atoms with Crippen LogP contribution in [-0.4, -0.2) is 38.4 Å². The average Bonchev–Trinajstić information content (AvgIpc) is 2.85. The minimum Gasteiger partial charge on any atom is -0.316 e. The lowest BCUT2D eigenvalue weighted by atomic mass is 9.99. The van der Waals surface area contributed by atoms with Crippen LogP contribution in [0.4, 0.5) is 0 Å². The van der Waals surface area contributed by atoms with Crippen molar-refractivity contribution < 1.29 is 8.42 Å². The van der Waals surface area contributed by atoms with Gasteiger partial charge in [0, 0.05) is 18.6 Å². The van der Waals surface area contributed by atoms with E-state index in [0.29, 0.717) is 15.1 Å². The third-order valence-electron chi connectivity index (χ3n) is 3.64. The number of halogens is 1. The lowest BCUT2D eigenvalue weighted by Gasteiger charge is -2.37. The molecule has 1 saturated heterocycles. The summed E-state index contributed by atoms with van der Waals surface area (Å²) in [6.07, 6.45) is 2.90. The summed E-state index contributed by atoms with van der Waals surface area (Å²) in [4.78, 5) is 0. The Morgan fingerprint density at radius 3 is 2.79 bits per heavy atom. The van der Waals surface area contributed by atoms with E-state index in [1.54, 1.807) is 16.4 Å². The molecule has 0 aliphatic carbocycles. The maximum Gasteiger partial charge on any atom is 0.252 e. The minimum atomic E-state index is -3.42. The highest BCUT2D eigenvalue weighted by Gasteiger charge is 2.36. The molecule has 4 nitrogen and oxygen atoms in total. The molecule has 0 spiro atoms. The summed E-state index contributed by atoms with van der Waals surface area (Å²) in [7, 11) is -1.55. The second kappa shape index (κ2) is 6.10. The van der Waals surface area contributed by atoms with Gasteiger partial charge in [-0.2, -0.15) is 4.31 Å². The van der Waals surface area contributed by atoms with E-state index < -0.39 is 10.0 Å².